The molecule has 0 saturated carbocycles. The van der Waals surface area contributed by atoms with Crippen molar-refractivity contribution in [1.82, 2.24) is 0 Å². The van der Waals surface area contributed by atoms with E-state index in [1.54, 1.807) is 67.6 Å². The highest BCUT2D eigenvalue weighted by atomic mass is 16.7. The monoisotopic (exact) mass is 442 g/mol. The third kappa shape index (κ3) is 4.68. The van der Waals surface area contributed by atoms with Gasteiger partial charge in [0.1, 0.15) is 5.60 Å². The Hall–Kier alpha value is -2.78. The van der Waals surface area contributed by atoms with Crippen molar-refractivity contribution in [3.8, 4) is 0 Å². The van der Waals surface area contributed by atoms with Gasteiger partial charge in [0.15, 0.2) is 18.5 Å². The van der Waals surface area contributed by atoms with Crippen LogP contribution in [0.5, 0.6) is 0 Å². The molecule has 0 radical (unpaired) electrons. The molecule has 32 heavy (non-hydrogen) atoms. The van der Waals surface area contributed by atoms with Gasteiger partial charge in [-0.15, -0.1) is 0 Å². The van der Waals surface area contributed by atoms with Crippen LogP contribution in [0, 0.1) is 0 Å². The maximum absolute atomic E-state index is 12.9. The van der Waals surface area contributed by atoms with E-state index in [0.29, 0.717) is 17.7 Å². The second kappa shape index (κ2) is 9.38. The highest BCUT2D eigenvalue weighted by molar-refractivity contribution is 5.90. The van der Waals surface area contributed by atoms with Crippen molar-refractivity contribution < 1.29 is 38.4 Å². The molecule has 6 unspecified atom stereocenters. The molecule has 0 aliphatic carbocycles. The van der Waals surface area contributed by atoms with Crippen LogP contribution in [0.4, 0.5) is 0 Å². The van der Waals surface area contributed by atoms with Crippen molar-refractivity contribution in [3.05, 3.63) is 71.8 Å². The molecule has 2 aliphatic rings. The summed E-state index contributed by atoms with van der Waals surface area (Å²) in [6.07, 6.45) is -4.34. The van der Waals surface area contributed by atoms with Crippen molar-refractivity contribution >= 4 is 11.9 Å². The Labute approximate surface area is 186 Å². The Bertz CT molecular complexity index is 930. The van der Waals surface area contributed by atoms with Crippen LogP contribution in [0.25, 0.3) is 0 Å². The number of ether oxygens (including phenoxy) is 5. The summed E-state index contributed by atoms with van der Waals surface area (Å²) in [6, 6.07) is 16.8. The van der Waals surface area contributed by atoms with Crippen LogP contribution in [0.2, 0.25) is 0 Å². The van der Waals surface area contributed by atoms with E-state index >= 15 is 0 Å². The number of esters is 2. The quantitative estimate of drug-likeness (QED) is 0.515. The second-order valence-corrected chi connectivity index (χ2v) is 7.96. The first-order valence-electron chi connectivity index (χ1n) is 10.5. The zero-order valence-electron chi connectivity index (χ0n) is 17.9. The summed E-state index contributed by atoms with van der Waals surface area (Å²) in [7, 11) is 1.39. The van der Waals surface area contributed by atoms with Crippen molar-refractivity contribution in [2.75, 3.05) is 13.7 Å². The number of hydrogen-bond acceptors (Lipinski definition) is 8. The van der Waals surface area contributed by atoms with Crippen molar-refractivity contribution in [1.29, 1.82) is 0 Å². The van der Waals surface area contributed by atoms with E-state index in [2.05, 4.69) is 0 Å². The highest BCUT2D eigenvalue weighted by Crippen LogP contribution is 2.40. The lowest BCUT2D eigenvalue weighted by Gasteiger charge is -2.49. The van der Waals surface area contributed by atoms with Crippen molar-refractivity contribution in [2.45, 2.75) is 49.7 Å². The third-order valence-corrected chi connectivity index (χ3v) is 5.79. The van der Waals surface area contributed by atoms with E-state index in [9.17, 15) is 14.7 Å². The molecule has 2 saturated heterocycles. The summed E-state index contributed by atoms with van der Waals surface area (Å²) in [5.74, 6) is -1.31. The number of aliphatic hydroxyl groups is 1. The van der Waals surface area contributed by atoms with Gasteiger partial charge in [-0.2, -0.15) is 0 Å². The average Bonchev–Trinajstić information content (AvgIpc) is 3.63. The Morgan fingerprint density at radius 2 is 1.53 bits per heavy atom. The number of carbonyl (C=O) groups is 2. The van der Waals surface area contributed by atoms with Gasteiger partial charge in [0, 0.05) is 13.5 Å². The van der Waals surface area contributed by atoms with E-state index < -0.39 is 42.1 Å². The molecule has 0 aromatic heterocycles. The number of epoxide rings is 1. The molecule has 2 aromatic rings. The minimum absolute atomic E-state index is 0.150. The zero-order valence-corrected chi connectivity index (χ0v) is 17.9. The predicted molar refractivity (Wildman–Crippen MR) is 112 cm³/mol. The topological polar surface area (TPSA) is 104 Å². The fourth-order valence-electron chi connectivity index (χ4n) is 3.89. The molecule has 8 heteroatoms. The van der Waals surface area contributed by atoms with E-state index in [0.717, 1.165) is 0 Å². The van der Waals surface area contributed by atoms with E-state index in [4.69, 9.17) is 23.7 Å². The van der Waals surface area contributed by atoms with Gasteiger partial charge in [-0.25, -0.2) is 9.59 Å². The number of carbonyl (C=O) groups excluding carboxylic acids is 2. The largest absolute Gasteiger partial charge is 0.451 e. The van der Waals surface area contributed by atoms with Crippen LogP contribution in [-0.2, 0) is 23.7 Å². The van der Waals surface area contributed by atoms with Gasteiger partial charge in [-0.05, 0) is 31.2 Å². The molecule has 0 amide bonds. The molecule has 170 valence electrons. The summed E-state index contributed by atoms with van der Waals surface area (Å²) in [6.45, 7) is 2.14. The van der Waals surface area contributed by atoms with Crippen molar-refractivity contribution in [2.24, 2.45) is 0 Å². The first-order valence-corrected chi connectivity index (χ1v) is 10.5. The Morgan fingerprint density at radius 1 is 1.00 bits per heavy atom. The van der Waals surface area contributed by atoms with Gasteiger partial charge in [0.2, 0.25) is 0 Å². The summed E-state index contributed by atoms with van der Waals surface area (Å²) >= 11 is 0. The molecule has 1 N–H and O–H groups in total. The molecular weight excluding hydrogens is 416 g/mol. The number of rotatable bonds is 7. The molecule has 8 nitrogen and oxygen atoms in total. The van der Waals surface area contributed by atoms with Gasteiger partial charge in [0.05, 0.1) is 29.9 Å². The smallest absolute Gasteiger partial charge is 0.338 e. The zero-order chi connectivity index (χ0) is 22.7. The highest BCUT2D eigenvalue weighted by Gasteiger charge is 2.59. The molecular formula is C24H26O8. The summed E-state index contributed by atoms with van der Waals surface area (Å²) in [4.78, 5) is 25.7. The molecule has 2 aromatic carbocycles. The van der Waals surface area contributed by atoms with Crippen molar-refractivity contribution in [3.63, 3.8) is 0 Å². The molecule has 2 fully saturated rings. The lowest BCUT2D eigenvalue weighted by Crippen LogP contribution is -2.67. The van der Waals surface area contributed by atoms with Gasteiger partial charge >= 0.3 is 11.9 Å². The van der Waals surface area contributed by atoms with E-state index in [1.165, 1.54) is 7.11 Å². The van der Waals surface area contributed by atoms with E-state index in [-0.39, 0.29) is 12.5 Å². The first kappa shape index (κ1) is 22.4. The minimum Gasteiger partial charge on any atom is -0.451 e. The minimum atomic E-state index is -1.66. The first-order chi connectivity index (χ1) is 15.4. The standard InChI is InChI=1S/C24H26O8/c1-15-24(27,13-18-14-29-18)20(32-22(26)17-11-7-4-8-12-17)19(23(28-2)30-15)31-21(25)16-9-5-3-6-10-16/h3-12,15,18-20,23,27H,13-14H2,1-2H3. The molecule has 6 atom stereocenters. The fourth-order valence-corrected chi connectivity index (χ4v) is 3.89. The second-order valence-electron chi connectivity index (χ2n) is 7.96. The molecule has 4 rings (SSSR count). The Kier molecular flexibility index (Phi) is 6.57. The fraction of sp³-hybridized carbons (Fsp3) is 0.417. The van der Waals surface area contributed by atoms with Crippen LogP contribution in [-0.4, -0.2) is 67.1 Å². The molecule has 2 heterocycles. The molecule has 0 bridgehead atoms. The van der Waals surface area contributed by atoms with Crippen LogP contribution in [0.15, 0.2) is 60.7 Å². The normalized spacial score (nSPS) is 31.5. The SMILES string of the molecule is COC1OC(C)C(O)(CC2CO2)C(OC(=O)c2ccccc2)C1OC(=O)c1ccccc1. The van der Waals surface area contributed by atoms with Crippen LogP contribution < -0.4 is 0 Å². The number of benzene rings is 2. The van der Waals surface area contributed by atoms with Gasteiger partial charge in [-0.3, -0.25) is 0 Å². The predicted octanol–water partition coefficient (Wildman–Crippen LogP) is 2.35. The Balaban J connectivity index is 1.66. The van der Waals surface area contributed by atoms with Gasteiger partial charge < -0.3 is 28.8 Å². The third-order valence-electron chi connectivity index (χ3n) is 5.79. The Morgan fingerprint density at radius 3 is 2.03 bits per heavy atom. The van der Waals surface area contributed by atoms with Gasteiger partial charge in [-0.1, -0.05) is 36.4 Å². The van der Waals surface area contributed by atoms with Crippen LogP contribution >= 0.6 is 0 Å². The van der Waals surface area contributed by atoms with E-state index in [1.807, 2.05) is 0 Å². The number of hydrogen-bond donors (Lipinski definition) is 1. The summed E-state index contributed by atoms with van der Waals surface area (Å²) in [5.41, 5.74) is -1.05. The average molecular weight is 442 g/mol. The lowest BCUT2D eigenvalue weighted by molar-refractivity contribution is -0.318. The lowest BCUT2D eigenvalue weighted by atomic mass is 9.80. The molecule has 2 aliphatic heterocycles. The van der Waals surface area contributed by atoms with Crippen LogP contribution in [0.3, 0.4) is 0 Å². The summed E-state index contributed by atoms with van der Waals surface area (Å²) < 4.78 is 28.1. The maximum atomic E-state index is 12.9. The molecule has 0 spiro atoms. The number of methoxy groups -OCH3 is 1. The van der Waals surface area contributed by atoms with Gasteiger partial charge in [0.25, 0.3) is 0 Å². The van der Waals surface area contributed by atoms with Crippen LogP contribution in [0.1, 0.15) is 34.1 Å². The maximum Gasteiger partial charge on any atom is 0.338 e. The summed E-state index contributed by atoms with van der Waals surface area (Å²) in [5, 5.41) is 11.6.